The van der Waals surface area contributed by atoms with E-state index in [1.807, 2.05) is 50.2 Å². The topological polar surface area (TPSA) is 64.9 Å². The van der Waals surface area contributed by atoms with Gasteiger partial charge < -0.3 is 15.4 Å². The van der Waals surface area contributed by atoms with Crippen molar-refractivity contribution in [3.8, 4) is 11.1 Å². The van der Waals surface area contributed by atoms with Gasteiger partial charge in [-0.25, -0.2) is 0 Å². The van der Waals surface area contributed by atoms with E-state index in [0.717, 1.165) is 22.5 Å². The number of amidine groups is 1. The molecule has 24 heavy (non-hydrogen) atoms. The van der Waals surface area contributed by atoms with E-state index in [-0.39, 0.29) is 12.1 Å². The Hall–Kier alpha value is -2.11. The second-order valence-electron chi connectivity index (χ2n) is 6.38. The van der Waals surface area contributed by atoms with Gasteiger partial charge in [0, 0.05) is 17.6 Å². The number of nitrogens with one attached hydrogen (secondary N) is 1. The molecule has 0 aliphatic carbocycles. The highest BCUT2D eigenvalue weighted by Crippen LogP contribution is 2.23. The number of benzene rings is 2. The largest absolute Gasteiger partial charge is 0.489 e. The van der Waals surface area contributed by atoms with Crippen molar-refractivity contribution < 1.29 is 10.0 Å². The third-order valence-electron chi connectivity index (χ3n) is 3.52. The molecule has 0 bridgehead atoms. The van der Waals surface area contributed by atoms with Crippen LogP contribution in [0, 0.1) is 0 Å². The van der Waals surface area contributed by atoms with Crippen molar-refractivity contribution in [2.45, 2.75) is 39.8 Å². The van der Waals surface area contributed by atoms with E-state index in [1.165, 1.54) is 0 Å². The number of hydrogen-bond acceptors (Lipinski definition) is 3. The van der Waals surface area contributed by atoms with Crippen molar-refractivity contribution in [2.24, 2.45) is 4.99 Å². The second-order valence-corrected chi connectivity index (χ2v) is 6.38. The third-order valence-corrected chi connectivity index (χ3v) is 3.52. The van der Waals surface area contributed by atoms with Gasteiger partial charge in [-0.05, 0) is 44.3 Å². The molecule has 0 fully saturated rings. The van der Waals surface area contributed by atoms with Crippen molar-refractivity contribution in [3.63, 3.8) is 0 Å². The van der Waals surface area contributed by atoms with Crippen LogP contribution in [0.3, 0.4) is 0 Å². The van der Waals surface area contributed by atoms with Crippen molar-refractivity contribution in [3.05, 3.63) is 54.1 Å². The lowest BCUT2D eigenvalue weighted by Gasteiger charge is -2.19. The smallest absolute Gasteiger partial charge is 0.423 e. The minimum absolute atomic E-state index is 0.151. The maximum Gasteiger partial charge on any atom is 0.489 e. The predicted octanol–water partition coefficient (Wildman–Crippen LogP) is 2.19. The molecular weight excluding hydrogens is 299 g/mol. The molecule has 0 aliphatic heterocycles. The molecule has 0 amide bonds. The highest BCUT2D eigenvalue weighted by atomic mass is 16.4. The normalized spacial score (nSPS) is 11.9. The molecule has 0 atom stereocenters. The molecule has 0 saturated carbocycles. The number of rotatable bonds is 5. The zero-order valence-corrected chi connectivity index (χ0v) is 14.7. The quantitative estimate of drug-likeness (QED) is 0.449. The Kier molecular flexibility index (Phi) is 6.18. The molecule has 2 rings (SSSR count). The molecule has 0 radical (unpaired) electrons. The van der Waals surface area contributed by atoms with Gasteiger partial charge in [-0.2, -0.15) is 0 Å². The number of nitrogens with zero attached hydrogens (tertiary/aromatic N) is 1. The summed E-state index contributed by atoms with van der Waals surface area (Å²) in [6.45, 7) is 8.22. The first kappa shape index (κ1) is 18.2. The fourth-order valence-electron chi connectivity index (χ4n) is 2.61. The lowest BCUT2D eigenvalue weighted by molar-refractivity contribution is 0.426. The average molecular weight is 324 g/mol. The molecule has 126 valence electrons. The van der Waals surface area contributed by atoms with E-state index >= 15 is 0 Å². The lowest BCUT2D eigenvalue weighted by atomic mass is 9.75. The zero-order valence-electron chi connectivity index (χ0n) is 14.7. The van der Waals surface area contributed by atoms with Crippen LogP contribution < -0.4 is 10.8 Å². The van der Waals surface area contributed by atoms with Gasteiger partial charge in [0.2, 0.25) is 0 Å². The van der Waals surface area contributed by atoms with E-state index in [0.29, 0.717) is 5.46 Å². The summed E-state index contributed by atoms with van der Waals surface area (Å²) in [5, 5.41) is 22.8. The van der Waals surface area contributed by atoms with Gasteiger partial charge in [0.25, 0.3) is 0 Å². The molecule has 0 aliphatic rings. The summed E-state index contributed by atoms with van der Waals surface area (Å²) in [4.78, 5) is 4.73. The molecule has 0 spiro atoms. The van der Waals surface area contributed by atoms with Crippen LogP contribution in [0.2, 0.25) is 0 Å². The molecular formula is C19H25BN2O2. The first-order valence-electron chi connectivity index (χ1n) is 8.29. The molecule has 3 N–H and O–H groups in total. The monoisotopic (exact) mass is 324 g/mol. The summed E-state index contributed by atoms with van der Waals surface area (Å²) in [7, 11) is -1.52. The molecule has 4 nitrogen and oxygen atoms in total. The van der Waals surface area contributed by atoms with E-state index in [2.05, 4.69) is 19.2 Å². The molecule has 0 heterocycles. The summed E-state index contributed by atoms with van der Waals surface area (Å²) in [6.07, 6.45) is 0. The van der Waals surface area contributed by atoms with E-state index in [9.17, 15) is 10.0 Å². The fourth-order valence-corrected chi connectivity index (χ4v) is 2.61. The maximum atomic E-state index is 9.70. The summed E-state index contributed by atoms with van der Waals surface area (Å²) in [5.41, 5.74) is 3.16. The zero-order chi connectivity index (χ0) is 17.7. The summed E-state index contributed by atoms with van der Waals surface area (Å²) in [6, 6.07) is 15.6. The van der Waals surface area contributed by atoms with Crippen molar-refractivity contribution >= 4 is 18.4 Å². The van der Waals surface area contributed by atoms with Crippen LogP contribution in [0.15, 0.2) is 53.5 Å². The van der Waals surface area contributed by atoms with Gasteiger partial charge >= 0.3 is 7.12 Å². The van der Waals surface area contributed by atoms with E-state index in [1.54, 1.807) is 12.1 Å². The summed E-state index contributed by atoms with van der Waals surface area (Å²) in [5.74, 6) is 0.817. The van der Waals surface area contributed by atoms with Crippen molar-refractivity contribution in [1.82, 2.24) is 5.32 Å². The van der Waals surface area contributed by atoms with Crippen LogP contribution in [0.4, 0.5) is 0 Å². The van der Waals surface area contributed by atoms with Crippen LogP contribution in [0.5, 0.6) is 0 Å². The Balaban J connectivity index is 2.63. The lowest BCUT2D eigenvalue weighted by Crippen LogP contribution is -2.34. The minimum atomic E-state index is -1.52. The maximum absolute atomic E-state index is 9.70. The molecule has 0 aromatic heterocycles. The third kappa shape index (κ3) is 4.46. The van der Waals surface area contributed by atoms with E-state index in [4.69, 9.17) is 4.99 Å². The molecule has 2 aromatic carbocycles. The first-order chi connectivity index (χ1) is 11.4. The van der Waals surface area contributed by atoms with Gasteiger partial charge in [-0.1, -0.05) is 48.5 Å². The summed E-state index contributed by atoms with van der Waals surface area (Å²) >= 11 is 0. The fraction of sp³-hybridized carbons (Fsp3) is 0.316. The van der Waals surface area contributed by atoms with Crippen molar-refractivity contribution in [2.75, 3.05) is 0 Å². The van der Waals surface area contributed by atoms with Gasteiger partial charge in [0.05, 0.1) is 0 Å². The molecule has 0 unspecified atom stereocenters. The Morgan fingerprint density at radius 1 is 0.917 bits per heavy atom. The van der Waals surface area contributed by atoms with Gasteiger partial charge in [0.15, 0.2) is 0 Å². The second kappa shape index (κ2) is 8.13. The average Bonchev–Trinajstić information content (AvgIpc) is 2.53. The van der Waals surface area contributed by atoms with Crippen molar-refractivity contribution in [1.29, 1.82) is 0 Å². The molecule has 2 aromatic rings. The van der Waals surface area contributed by atoms with Crippen LogP contribution in [-0.4, -0.2) is 35.1 Å². The van der Waals surface area contributed by atoms with Crippen LogP contribution >= 0.6 is 0 Å². The Bertz CT molecular complexity index is 712. The standard InChI is InChI=1S/C19H25BN2O2/c1-13(2)21-19(22-14(3)4)17-11-6-5-9-15(17)16-10-7-8-12-18(16)20(23)24/h5-14,23-24H,1-4H3,(H,21,22). The number of aliphatic imine (C=N–C) groups is 1. The SMILES string of the molecule is CC(C)N=C(NC(C)C)c1ccccc1-c1ccccc1B(O)O. The minimum Gasteiger partial charge on any atom is -0.423 e. The van der Waals surface area contributed by atoms with Crippen LogP contribution in [0.1, 0.15) is 33.3 Å². The summed E-state index contributed by atoms with van der Waals surface area (Å²) < 4.78 is 0. The highest BCUT2D eigenvalue weighted by molar-refractivity contribution is 6.60. The van der Waals surface area contributed by atoms with Crippen LogP contribution in [0.25, 0.3) is 11.1 Å². The van der Waals surface area contributed by atoms with E-state index < -0.39 is 7.12 Å². The van der Waals surface area contributed by atoms with Gasteiger partial charge in [0.1, 0.15) is 5.84 Å². The highest BCUT2D eigenvalue weighted by Gasteiger charge is 2.19. The Morgan fingerprint density at radius 3 is 2.08 bits per heavy atom. The molecule has 0 saturated heterocycles. The van der Waals surface area contributed by atoms with Gasteiger partial charge in [-0.3, -0.25) is 4.99 Å². The first-order valence-corrected chi connectivity index (χ1v) is 8.29. The molecule has 5 heteroatoms. The van der Waals surface area contributed by atoms with Crippen LogP contribution in [-0.2, 0) is 0 Å². The Labute approximate surface area is 144 Å². The predicted molar refractivity (Wildman–Crippen MR) is 102 cm³/mol. The Morgan fingerprint density at radius 2 is 1.50 bits per heavy atom. The van der Waals surface area contributed by atoms with Gasteiger partial charge in [-0.15, -0.1) is 0 Å². The number of hydrogen-bond donors (Lipinski definition) is 3.